The van der Waals surface area contributed by atoms with E-state index in [0.717, 1.165) is 44.0 Å². The zero-order valence-corrected chi connectivity index (χ0v) is 51.8. The van der Waals surface area contributed by atoms with E-state index >= 15 is 0 Å². The highest BCUT2D eigenvalue weighted by Crippen LogP contribution is 2.41. The highest BCUT2D eigenvalue weighted by atomic mass is 32.1. The molecule has 0 radical (unpaired) electrons. The number of carbonyl (C=O) groups is 8. The summed E-state index contributed by atoms with van der Waals surface area (Å²) in [5.41, 5.74) is 12.5. The molecule has 9 rings (SSSR count). The van der Waals surface area contributed by atoms with Crippen molar-refractivity contribution in [1.29, 1.82) is 0 Å². The van der Waals surface area contributed by atoms with Gasteiger partial charge in [0.25, 0.3) is 11.4 Å². The number of carbonyl (C=O) groups excluding carboxylic acids is 8. The van der Waals surface area contributed by atoms with Crippen LogP contribution in [0, 0.1) is 12.3 Å². The molecule has 1 fully saturated rings. The molecule has 24 heteroatoms. The number of nitrogens with one attached hydrogen (secondary N) is 5. The van der Waals surface area contributed by atoms with Gasteiger partial charge in [-0.3, -0.25) is 47.8 Å². The number of ether oxygens (including phenoxy) is 1. The first-order valence-electron chi connectivity index (χ1n) is 29.6. The number of aliphatic hydroxyl groups excluding tert-OH is 1. The number of aryl methyl sites for hydroxylation is 3. The molecule has 3 aliphatic heterocycles. The average molecular weight is 1240 g/mol. The Labute approximate surface area is 513 Å². The maximum Gasteiger partial charge on any atom is 0.396 e. The molecule has 4 aromatic carbocycles. The molecule has 10 N–H and O–H groups in total. The van der Waals surface area contributed by atoms with E-state index in [1.54, 1.807) is 23.8 Å². The van der Waals surface area contributed by atoms with E-state index in [1.807, 2.05) is 101 Å². The molecule has 1 unspecified atom stereocenters. The Kier molecular flexibility index (Phi) is 20.0. The molecule has 3 aliphatic rings. The second kappa shape index (κ2) is 27.2. The van der Waals surface area contributed by atoms with Gasteiger partial charge in [0, 0.05) is 48.7 Å². The Morgan fingerprint density at radius 1 is 0.875 bits per heavy atom. The number of unbranched alkanes of at least 4 members (excludes halogenated alkanes) is 1. The summed E-state index contributed by atoms with van der Waals surface area (Å²) in [6, 6.07) is 21.6. The number of nitrogens with two attached hydrogens (primary N) is 1. The Morgan fingerprint density at radius 2 is 1.58 bits per heavy atom. The number of rotatable bonds is 24. The lowest BCUT2D eigenvalue weighted by molar-refractivity contribution is -0.144. The zero-order valence-electron chi connectivity index (χ0n) is 50.0. The van der Waals surface area contributed by atoms with Gasteiger partial charge in [-0.25, -0.2) is 4.98 Å². The summed E-state index contributed by atoms with van der Waals surface area (Å²) >= 11 is 1.56. The van der Waals surface area contributed by atoms with Gasteiger partial charge in [-0.1, -0.05) is 87.5 Å². The first-order chi connectivity index (χ1) is 41.7. The van der Waals surface area contributed by atoms with Crippen molar-refractivity contribution in [3.8, 4) is 10.4 Å². The third-order valence-corrected chi connectivity index (χ3v) is 18.5. The minimum absolute atomic E-state index is 0.0343. The van der Waals surface area contributed by atoms with E-state index < -0.39 is 90.5 Å². The number of aromatic nitrogens is 2. The molecule has 0 saturated carbocycles. The van der Waals surface area contributed by atoms with Crippen molar-refractivity contribution in [2.45, 2.75) is 161 Å². The molecule has 88 heavy (non-hydrogen) atoms. The summed E-state index contributed by atoms with van der Waals surface area (Å²) in [6.45, 7) is 11.3. The van der Waals surface area contributed by atoms with Crippen molar-refractivity contribution in [2.75, 3.05) is 11.4 Å². The summed E-state index contributed by atoms with van der Waals surface area (Å²) in [5, 5.41) is 22.9. The second-order valence-corrected chi connectivity index (χ2v) is 26.6. The highest BCUT2D eigenvalue weighted by Gasteiger charge is 2.47. The third kappa shape index (κ3) is 15.1. The minimum Gasteiger partial charge on any atom is -0.391 e. The Balaban J connectivity index is 0.753. The number of H-pyrrole nitrogens is 1. The number of aromatic amines is 1. The van der Waals surface area contributed by atoms with Crippen LogP contribution in [0.25, 0.3) is 21.3 Å². The van der Waals surface area contributed by atoms with Crippen LogP contribution in [0.3, 0.4) is 0 Å². The Bertz CT molecular complexity index is 3670. The standard InChI is InChI=1S/C64H76N9O13PS/c1-35(40-18-20-42(21-19-40)56-36(2)66-34-88-56)67-59(78)51-31-46(74)32-72(51)62(81)57(64(4,5)6)71-54(76)13-8-7-10-38-14-16-39(17-15-38)33-86-37(3)47(26-27-53(65)75)69-60(79)52-30-43-12-9-11-41-22-25-49(61(80)73(52)55(41)43)70-58(77)50-29-45-28-44(23-24-48(45)68-50)63(82)87(83,84)85/h9,11-12,14-21,23-24,28-29,34-35,37,46-47,49,51-52,57,68,74H,7-8,10,13,22,25-27,30-33H2,1-6H3,(H2,65,75)(H,67,78)(H,69,79)(H,70,77)(H,71,76)(H2,83,84,85)/t35-,37+,46+,47-,49-,51-,52-,57?/m0/s1. The van der Waals surface area contributed by atoms with Gasteiger partial charge in [-0.15, -0.1) is 11.3 Å². The van der Waals surface area contributed by atoms with E-state index in [0.29, 0.717) is 42.3 Å². The van der Waals surface area contributed by atoms with Crippen molar-refractivity contribution in [3.05, 3.63) is 141 Å². The first kappa shape index (κ1) is 64.6. The van der Waals surface area contributed by atoms with Crippen molar-refractivity contribution in [2.24, 2.45) is 11.1 Å². The number of likely N-dealkylation sites (tertiary alicyclic amines) is 1. The molecule has 0 bridgehead atoms. The lowest BCUT2D eigenvalue weighted by Gasteiger charge is -2.35. The van der Waals surface area contributed by atoms with Crippen molar-refractivity contribution in [3.63, 3.8) is 0 Å². The Morgan fingerprint density at radius 3 is 2.26 bits per heavy atom. The molecule has 6 aromatic rings. The summed E-state index contributed by atoms with van der Waals surface area (Å²) in [7, 11) is -5.06. The third-order valence-electron chi connectivity index (χ3n) is 16.7. The monoisotopic (exact) mass is 1240 g/mol. The number of hydrogen-bond donors (Lipinski definition) is 9. The molecule has 8 atom stereocenters. The van der Waals surface area contributed by atoms with Crippen LogP contribution in [0.1, 0.15) is 140 Å². The second-order valence-electron chi connectivity index (χ2n) is 24.3. The summed E-state index contributed by atoms with van der Waals surface area (Å²) in [4.78, 5) is 139. The fourth-order valence-electron chi connectivity index (χ4n) is 11.8. The van der Waals surface area contributed by atoms with Crippen LogP contribution in [0.15, 0.2) is 96.5 Å². The number of nitrogens with zero attached hydrogens (tertiary/aromatic N) is 3. The highest BCUT2D eigenvalue weighted by molar-refractivity contribution is 7.70. The van der Waals surface area contributed by atoms with Crippen LogP contribution in [0.5, 0.6) is 0 Å². The molecule has 466 valence electrons. The number of primary amides is 1. The number of fused-ring (bicyclic) bond motifs is 1. The van der Waals surface area contributed by atoms with Gasteiger partial charge in [0.2, 0.25) is 35.4 Å². The topological polar surface area (TPSA) is 333 Å². The van der Waals surface area contributed by atoms with Crippen LogP contribution in [0.4, 0.5) is 5.69 Å². The number of anilines is 1. The minimum atomic E-state index is -5.06. The van der Waals surface area contributed by atoms with Crippen LogP contribution in [-0.2, 0) is 63.9 Å². The number of β-amino-alcohol motifs (C(OH)–C–C–N with tert-alkyl or cyclic N) is 1. The number of thiazole rings is 1. The molecule has 2 aromatic heterocycles. The number of benzene rings is 4. The Hall–Kier alpha value is -7.92. The van der Waals surface area contributed by atoms with E-state index in [4.69, 9.17) is 10.5 Å². The smallest absolute Gasteiger partial charge is 0.391 e. The molecule has 7 amide bonds. The number of aliphatic hydroxyl groups is 1. The largest absolute Gasteiger partial charge is 0.396 e. The quantitative estimate of drug-likeness (QED) is 0.0235. The van der Waals surface area contributed by atoms with E-state index in [-0.39, 0.29) is 80.8 Å². The van der Waals surface area contributed by atoms with Crippen molar-refractivity contribution in [1.82, 2.24) is 36.1 Å². The van der Waals surface area contributed by atoms with Gasteiger partial charge in [0.1, 0.15) is 29.9 Å². The van der Waals surface area contributed by atoms with E-state index in [1.165, 1.54) is 34.1 Å². The normalized spacial score (nSPS) is 18.9. The number of hydrogen-bond acceptors (Lipinski definition) is 13. The summed E-state index contributed by atoms with van der Waals surface area (Å²) in [5.74, 6) is -3.32. The number of para-hydroxylation sites is 1. The van der Waals surface area contributed by atoms with Gasteiger partial charge < -0.3 is 56.5 Å². The van der Waals surface area contributed by atoms with E-state index in [9.17, 15) is 57.8 Å². The van der Waals surface area contributed by atoms with Crippen LogP contribution >= 0.6 is 18.9 Å². The van der Waals surface area contributed by atoms with Gasteiger partial charge in [-0.2, -0.15) is 0 Å². The van der Waals surface area contributed by atoms with Gasteiger partial charge in [0.15, 0.2) is 0 Å². The van der Waals surface area contributed by atoms with Crippen molar-refractivity contribution >= 4 is 82.4 Å². The van der Waals surface area contributed by atoms with E-state index in [2.05, 4.69) is 31.2 Å². The summed E-state index contributed by atoms with van der Waals surface area (Å²) in [6.07, 6.45) is 1.51. The number of amides is 7. The van der Waals surface area contributed by atoms with Crippen LogP contribution in [-0.4, -0.2) is 126 Å². The van der Waals surface area contributed by atoms with Crippen LogP contribution < -0.4 is 31.9 Å². The zero-order chi connectivity index (χ0) is 63.4. The molecule has 5 heterocycles. The fourth-order valence-corrected chi connectivity index (χ4v) is 13.1. The van der Waals surface area contributed by atoms with Gasteiger partial charge in [0.05, 0.1) is 52.7 Å². The maximum atomic E-state index is 14.6. The molecule has 0 aliphatic carbocycles. The predicted octanol–water partition coefficient (Wildman–Crippen LogP) is 6.36. The van der Waals surface area contributed by atoms with Gasteiger partial charge >= 0.3 is 7.60 Å². The average Bonchev–Trinajstić information content (AvgIpc) is 1.68. The molecule has 0 spiro atoms. The summed E-state index contributed by atoms with van der Waals surface area (Å²) < 4.78 is 17.9. The molecular weight excluding hydrogens is 1170 g/mol. The first-order valence-corrected chi connectivity index (χ1v) is 32.1. The lowest BCUT2D eigenvalue weighted by atomic mass is 9.85. The van der Waals surface area contributed by atoms with Gasteiger partial charge in [-0.05, 0) is 122 Å². The fraction of sp³-hybridized carbons (Fsp3) is 0.422. The SMILES string of the molecule is Cc1ncsc1-c1ccc([C@H](C)NC(=O)[C@@H]2C[C@@H](O)CN2C(=O)C(NC(=O)CCCCc2ccc(CO[C@H](C)[C@H](CCC(N)=O)NC(=O)[C@@H]3Cc4cccc5c4N3C(=O)[C@@H](NC(=O)c3cc4cc(C(=O)P(=O)(O)O)ccc4[nH]3)CC5)cc2)C(C)(C)C)cc1. The molecule has 22 nitrogen and oxygen atoms in total. The van der Waals surface area contributed by atoms with Crippen LogP contribution in [0.2, 0.25) is 0 Å². The molecular formula is C64H76N9O13PS. The maximum absolute atomic E-state index is 14.6. The molecule has 1 saturated heterocycles. The predicted molar refractivity (Wildman–Crippen MR) is 331 cm³/mol. The lowest BCUT2D eigenvalue weighted by Crippen LogP contribution is -2.57. The van der Waals surface area contributed by atoms with Crippen molar-refractivity contribution < 1.29 is 62.6 Å².